The van der Waals surface area contributed by atoms with Crippen LogP contribution in [0.5, 0.6) is 0 Å². The van der Waals surface area contributed by atoms with E-state index in [-0.39, 0.29) is 11.9 Å². The van der Waals surface area contributed by atoms with E-state index in [4.69, 9.17) is 0 Å². The Balaban J connectivity index is 2.43. The molecule has 0 aromatic heterocycles. The minimum Gasteiger partial charge on any atom is -0.350 e. The van der Waals surface area contributed by atoms with Crippen LogP contribution in [-0.2, 0) is 4.79 Å². The average Bonchev–Trinajstić information content (AvgIpc) is 2.39. The summed E-state index contributed by atoms with van der Waals surface area (Å²) in [5, 5.41) is 6.06. The van der Waals surface area contributed by atoms with E-state index >= 15 is 0 Å². The largest absolute Gasteiger partial charge is 0.350 e. The molecule has 0 saturated heterocycles. The lowest BCUT2D eigenvalue weighted by Gasteiger charge is -2.14. The highest BCUT2D eigenvalue weighted by Gasteiger charge is 2.08. The van der Waals surface area contributed by atoms with Crippen LogP contribution >= 0.6 is 11.8 Å². The Morgan fingerprint density at radius 1 is 1.33 bits per heavy atom. The van der Waals surface area contributed by atoms with Gasteiger partial charge in [0, 0.05) is 11.3 Å². The molecular weight excluding hydrogens is 244 g/mol. The summed E-state index contributed by atoms with van der Waals surface area (Å²) in [7, 11) is 1.90. The van der Waals surface area contributed by atoms with Crippen molar-refractivity contribution in [3.05, 3.63) is 29.8 Å². The number of thioether (sulfide) groups is 1. The third-order valence-corrected chi connectivity index (χ3v) is 3.57. The monoisotopic (exact) mass is 266 g/mol. The molecule has 0 radical (unpaired) electrons. The lowest BCUT2D eigenvalue weighted by molar-refractivity contribution is -0.121. The van der Waals surface area contributed by atoms with Crippen molar-refractivity contribution in [2.24, 2.45) is 0 Å². The summed E-state index contributed by atoms with van der Waals surface area (Å²) in [4.78, 5) is 12.9. The molecule has 0 spiro atoms. The molecule has 4 heteroatoms. The fraction of sp³-hybridized carbons (Fsp3) is 0.500. The Bertz CT molecular complexity index is 365. The maximum Gasteiger partial charge on any atom is 0.220 e. The van der Waals surface area contributed by atoms with Crippen LogP contribution in [0.3, 0.4) is 0 Å². The molecule has 1 unspecified atom stereocenters. The number of rotatable bonds is 7. The zero-order valence-corrected chi connectivity index (χ0v) is 12.1. The van der Waals surface area contributed by atoms with Crippen molar-refractivity contribution in [1.82, 2.24) is 10.6 Å². The number of amides is 1. The standard InChI is InChI=1S/C14H22N2OS/c1-11(16-14(17)5-4-10-15-2)12-6-8-13(18-3)9-7-12/h6-9,11,15H,4-5,10H2,1-3H3,(H,16,17). The molecule has 1 atom stereocenters. The highest BCUT2D eigenvalue weighted by molar-refractivity contribution is 7.98. The first-order valence-electron chi connectivity index (χ1n) is 6.25. The number of carbonyl (C=O) groups excluding carboxylic acids is 1. The molecule has 3 nitrogen and oxygen atoms in total. The first kappa shape index (κ1) is 15.1. The highest BCUT2D eigenvalue weighted by atomic mass is 32.2. The van der Waals surface area contributed by atoms with Gasteiger partial charge in [0.05, 0.1) is 6.04 Å². The van der Waals surface area contributed by atoms with Gasteiger partial charge in [-0.05, 0) is 50.9 Å². The summed E-state index contributed by atoms with van der Waals surface area (Å²) in [6, 6.07) is 8.39. The Kier molecular flexibility index (Phi) is 6.83. The van der Waals surface area contributed by atoms with Crippen molar-refractivity contribution in [2.45, 2.75) is 30.7 Å². The fourth-order valence-corrected chi connectivity index (χ4v) is 2.12. The van der Waals surface area contributed by atoms with Crippen molar-refractivity contribution in [2.75, 3.05) is 19.8 Å². The van der Waals surface area contributed by atoms with E-state index in [0.717, 1.165) is 18.5 Å². The van der Waals surface area contributed by atoms with Crippen molar-refractivity contribution < 1.29 is 4.79 Å². The van der Waals surface area contributed by atoms with Crippen LogP contribution in [0.4, 0.5) is 0 Å². The van der Waals surface area contributed by atoms with E-state index in [1.165, 1.54) is 4.90 Å². The Morgan fingerprint density at radius 2 is 2.00 bits per heavy atom. The molecule has 0 aliphatic heterocycles. The molecule has 0 aliphatic rings. The maximum atomic E-state index is 11.7. The van der Waals surface area contributed by atoms with Gasteiger partial charge in [-0.25, -0.2) is 0 Å². The molecule has 0 heterocycles. The van der Waals surface area contributed by atoms with Gasteiger partial charge in [0.15, 0.2) is 0 Å². The average molecular weight is 266 g/mol. The lowest BCUT2D eigenvalue weighted by Crippen LogP contribution is -2.27. The Hall–Kier alpha value is -1.00. The normalized spacial score (nSPS) is 12.2. The minimum atomic E-state index is 0.0722. The van der Waals surface area contributed by atoms with Crippen LogP contribution in [-0.4, -0.2) is 25.8 Å². The van der Waals surface area contributed by atoms with Crippen LogP contribution in [0.1, 0.15) is 31.4 Å². The minimum absolute atomic E-state index is 0.0722. The summed E-state index contributed by atoms with van der Waals surface area (Å²) >= 11 is 1.72. The third kappa shape index (κ3) is 5.10. The van der Waals surface area contributed by atoms with Gasteiger partial charge in [-0.15, -0.1) is 11.8 Å². The fourth-order valence-electron chi connectivity index (χ4n) is 1.72. The van der Waals surface area contributed by atoms with Gasteiger partial charge in [0.25, 0.3) is 0 Å². The predicted octanol–water partition coefficient (Wildman–Crippen LogP) is 2.59. The Morgan fingerprint density at radius 3 is 2.56 bits per heavy atom. The summed E-state index contributed by atoms with van der Waals surface area (Å²) in [5.41, 5.74) is 1.15. The highest BCUT2D eigenvalue weighted by Crippen LogP contribution is 2.18. The second-order valence-corrected chi connectivity index (χ2v) is 5.15. The van der Waals surface area contributed by atoms with E-state index in [1.54, 1.807) is 11.8 Å². The van der Waals surface area contributed by atoms with Crippen LogP contribution < -0.4 is 10.6 Å². The van der Waals surface area contributed by atoms with Crippen molar-refractivity contribution in [3.63, 3.8) is 0 Å². The van der Waals surface area contributed by atoms with Gasteiger partial charge in [-0.3, -0.25) is 4.79 Å². The SMILES string of the molecule is CNCCCC(=O)NC(C)c1ccc(SC)cc1. The number of hydrogen-bond acceptors (Lipinski definition) is 3. The van der Waals surface area contributed by atoms with E-state index < -0.39 is 0 Å². The van der Waals surface area contributed by atoms with Gasteiger partial charge in [0.1, 0.15) is 0 Å². The summed E-state index contributed by atoms with van der Waals surface area (Å²) in [6.07, 6.45) is 3.51. The number of hydrogen-bond donors (Lipinski definition) is 2. The molecule has 18 heavy (non-hydrogen) atoms. The van der Waals surface area contributed by atoms with Crippen LogP contribution in [0.25, 0.3) is 0 Å². The molecule has 0 aliphatic carbocycles. The zero-order valence-electron chi connectivity index (χ0n) is 11.3. The van der Waals surface area contributed by atoms with E-state index in [2.05, 4.69) is 41.2 Å². The van der Waals surface area contributed by atoms with Crippen LogP contribution in [0, 0.1) is 0 Å². The van der Waals surface area contributed by atoms with Crippen LogP contribution in [0.2, 0.25) is 0 Å². The zero-order chi connectivity index (χ0) is 13.4. The molecule has 2 N–H and O–H groups in total. The van der Waals surface area contributed by atoms with Gasteiger partial charge >= 0.3 is 0 Å². The second kappa shape index (κ2) is 8.16. The van der Waals surface area contributed by atoms with Crippen LogP contribution in [0.15, 0.2) is 29.2 Å². The van der Waals surface area contributed by atoms with E-state index in [9.17, 15) is 4.79 Å². The van der Waals surface area contributed by atoms with Gasteiger partial charge < -0.3 is 10.6 Å². The lowest BCUT2D eigenvalue weighted by atomic mass is 10.1. The molecule has 1 amide bonds. The number of nitrogens with one attached hydrogen (secondary N) is 2. The van der Waals surface area contributed by atoms with Gasteiger partial charge in [-0.1, -0.05) is 12.1 Å². The smallest absolute Gasteiger partial charge is 0.220 e. The molecular formula is C14H22N2OS. The topological polar surface area (TPSA) is 41.1 Å². The predicted molar refractivity (Wildman–Crippen MR) is 77.9 cm³/mol. The molecule has 100 valence electrons. The molecule has 0 bridgehead atoms. The number of benzene rings is 1. The van der Waals surface area contributed by atoms with Crippen molar-refractivity contribution >= 4 is 17.7 Å². The second-order valence-electron chi connectivity index (χ2n) is 4.27. The molecule has 1 rings (SSSR count). The van der Waals surface area contributed by atoms with Crippen molar-refractivity contribution in [3.8, 4) is 0 Å². The third-order valence-electron chi connectivity index (χ3n) is 2.82. The van der Waals surface area contributed by atoms with Gasteiger partial charge in [0.2, 0.25) is 5.91 Å². The summed E-state index contributed by atoms with van der Waals surface area (Å²) < 4.78 is 0. The summed E-state index contributed by atoms with van der Waals surface area (Å²) in [6.45, 7) is 2.90. The van der Waals surface area contributed by atoms with E-state index in [0.29, 0.717) is 6.42 Å². The van der Waals surface area contributed by atoms with E-state index in [1.807, 2.05) is 14.0 Å². The Labute approximate surface area is 114 Å². The first-order chi connectivity index (χ1) is 8.67. The molecule has 1 aromatic carbocycles. The summed E-state index contributed by atoms with van der Waals surface area (Å²) in [5.74, 6) is 0.117. The quantitative estimate of drug-likeness (QED) is 0.589. The van der Waals surface area contributed by atoms with Crippen molar-refractivity contribution in [1.29, 1.82) is 0 Å². The number of carbonyl (C=O) groups is 1. The molecule has 0 saturated carbocycles. The van der Waals surface area contributed by atoms with Gasteiger partial charge in [-0.2, -0.15) is 0 Å². The molecule has 0 fully saturated rings. The molecule has 1 aromatic rings. The first-order valence-corrected chi connectivity index (χ1v) is 7.47. The maximum absolute atomic E-state index is 11.7.